The minimum absolute atomic E-state index is 0.715. The molecule has 3 rings (SSSR count). The average Bonchev–Trinajstić information content (AvgIpc) is 2.48. The lowest BCUT2D eigenvalue weighted by molar-refractivity contribution is 0.327. The lowest BCUT2D eigenvalue weighted by atomic mass is 9.83. The minimum atomic E-state index is 0.715. The van der Waals surface area contributed by atoms with Crippen LogP contribution in [0.5, 0.6) is 0 Å². The van der Waals surface area contributed by atoms with E-state index in [9.17, 15) is 0 Å². The summed E-state index contributed by atoms with van der Waals surface area (Å²) in [5, 5.41) is 3.87. The predicted molar refractivity (Wildman–Crippen MR) is 82.7 cm³/mol. The molecule has 0 amide bonds. The maximum absolute atomic E-state index is 3.87. The molecule has 104 valence electrons. The number of hydrogen-bond acceptors (Lipinski definition) is 1. The third-order valence-corrected chi connectivity index (χ3v) is 5.12. The zero-order chi connectivity index (χ0) is 13.1. The fourth-order valence-corrected chi connectivity index (χ4v) is 3.93. The van der Waals surface area contributed by atoms with Crippen LogP contribution in [0.15, 0.2) is 18.2 Å². The molecule has 0 aromatic heterocycles. The van der Waals surface area contributed by atoms with E-state index in [1.807, 2.05) is 0 Å². The van der Waals surface area contributed by atoms with E-state index in [4.69, 9.17) is 0 Å². The monoisotopic (exact) mass is 257 g/mol. The molecule has 1 N–H and O–H groups in total. The maximum atomic E-state index is 3.87. The number of hydrogen-bond donors (Lipinski definition) is 1. The van der Waals surface area contributed by atoms with Gasteiger partial charge in [-0.1, -0.05) is 38.3 Å². The molecule has 0 bridgehead atoms. The first-order valence-electron chi connectivity index (χ1n) is 8.24. The van der Waals surface area contributed by atoms with Gasteiger partial charge in [-0.15, -0.1) is 0 Å². The van der Waals surface area contributed by atoms with Crippen LogP contribution in [0.1, 0.15) is 63.0 Å². The molecule has 0 heterocycles. The largest absolute Gasteiger partial charge is 0.382 e. The number of aryl methyl sites for hydroxylation is 1. The molecule has 2 atom stereocenters. The van der Waals surface area contributed by atoms with Gasteiger partial charge in [0.1, 0.15) is 0 Å². The molecule has 1 saturated carbocycles. The number of rotatable bonds is 3. The Hall–Kier alpha value is -0.980. The third kappa shape index (κ3) is 2.96. The van der Waals surface area contributed by atoms with Gasteiger partial charge in [0.2, 0.25) is 0 Å². The summed E-state index contributed by atoms with van der Waals surface area (Å²) in [7, 11) is 0. The second-order valence-electron chi connectivity index (χ2n) is 6.43. The van der Waals surface area contributed by atoms with Gasteiger partial charge in [-0.25, -0.2) is 0 Å². The first kappa shape index (κ1) is 13.0. The van der Waals surface area contributed by atoms with Crippen molar-refractivity contribution in [3.63, 3.8) is 0 Å². The highest BCUT2D eigenvalue weighted by Gasteiger charge is 2.22. The van der Waals surface area contributed by atoms with E-state index in [0.717, 1.165) is 5.92 Å². The predicted octanol–water partition coefficient (Wildman–Crippen LogP) is 4.95. The van der Waals surface area contributed by atoms with Gasteiger partial charge in [0, 0.05) is 11.7 Å². The summed E-state index contributed by atoms with van der Waals surface area (Å²) in [6, 6.07) is 7.59. The van der Waals surface area contributed by atoms with Crippen molar-refractivity contribution >= 4 is 5.69 Å². The molecule has 1 heteroatoms. The lowest BCUT2D eigenvalue weighted by Crippen LogP contribution is -2.27. The van der Waals surface area contributed by atoms with Crippen LogP contribution >= 0.6 is 0 Å². The summed E-state index contributed by atoms with van der Waals surface area (Å²) in [5.74, 6) is 0.950. The number of benzene rings is 1. The van der Waals surface area contributed by atoms with Gasteiger partial charge in [0.15, 0.2) is 0 Å². The van der Waals surface area contributed by atoms with Gasteiger partial charge < -0.3 is 5.32 Å². The SMILES string of the molecule is CCC1CCCC(Nc2cccc3c2CCCC3)C1. The van der Waals surface area contributed by atoms with Crippen molar-refractivity contribution in [2.45, 2.75) is 70.8 Å². The van der Waals surface area contributed by atoms with Gasteiger partial charge in [-0.2, -0.15) is 0 Å². The highest BCUT2D eigenvalue weighted by molar-refractivity contribution is 5.56. The Morgan fingerprint density at radius 3 is 2.89 bits per heavy atom. The van der Waals surface area contributed by atoms with Gasteiger partial charge >= 0.3 is 0 Å². The smallest absolute Gasteiger partial charge is 0.0377 e. The molecular weight excluding hydrogens is 230 g/mol. The number of fused-ring (bicyclic) bond motifs is 1. The molecule has 0 aliphatic heterocycles. The van der Waals surface area contributed by atoms with Crippen LogP contribution in [0, 0.1) is 5.92 Å². The van der Waals surface area contributed by atoms with E-state index in [1.54, 1.807) is 11.1 Å². The van der Waals surface area contributed by atoms with Gasteiger partial charge in [-0.05, 0) is 61.6 Å². The van der Waals surface area contributed by atoms with E-state index in [0.29, 0.717) is 6.04 Å². The molecule has 2 aliphatic carbocycles. The molecule has 1 aromatic carbocycles. The van der Waals surface area contributed by atoms with Gasteiger partial charge in [-0.3, -0.25) is 0 Å². The topological polar surface area (TPSA) is 12.0 Å². The standard InChI is InChI=1S/C18H27N/c1-2-14-7-5-10-16(13-14)19-18-12-6-9-15-8-3-4-11-17(15)18/h6,9,12,14,16,19H,2-5,7-8,10-11,13H2,1H3. The molecule has 0 radical (unpaired) electrons. The summed E-state index contributed by atoms with van der Waals surface area (Å²) >= 11 is 0. The van der Waals surface area contributed by atoms with Crippen LogP contribution < -0.4 is 5.32 Å². The Morgan fingerprint density at radius 1 is 1.11 bits per heavy atom. The van der Waals surface area contributed by atoms with Crippen LogP contribution in [-0.4, -0.2) is 6.04 Å². The van der Waals surface area contributed by atoms with E-state index in [-0.39, 0.29) is 0 Å². The van der Waals surface area contributed by atoms with Crippen molar-refractivity contribution < 1.29 is 0 Å². The third-order valence-electron chi connectivity index (χ3n) is 5.12. The first-order valence-corrected chi connectivity index (χ1v) is 8.24. The average molecular weight is 257 g/mol. The fraction of sp³-hybridized carbons (Fsp3) is 0.667. The molecule has 0 saturated heterocycles. The molecule has 19 heavy (non-hydrogen) atoms. The quantitative estimate of drug-likeness (QED) is 0.808. The molecular formula is C18H27N. The van der Waals surface area contributed by atoms with Gasteiger partial charge in [0.25, 0.3) is 0 Å². The highest BCUT2D eigenvalue weighted by Crippen LogP contribution is 2.32. The van der Waals surface area contributed by atoms with Crippen molar-refractivity contribution in [1.29, 1.82) is 0 Å². The van der Waals surface area contributed by atoms with Crippen molar-refractivity contribution in [2.24, 2.45) is 5.92 Å². The van der Waals surface area contributed by atoms with E-state index in [2.05, 4.69) is 30.4 Å². The summed E-state index contributed by atoms with van der Waals surface area (Å²) in [6.45, 7) is 2.34. The van der Waals surface area contributed by atoms with Gasteiger partial charge in [0.05, 0.1) is 0 Å². The van der Waals surface area contributed by atoms with E-state index < -0.39 is 0 Å². The van der Waals surface area contributed by atoms with Crippen LogP contribution in [0.4, 0.5) is 5.69 Å². The Labute approximate surface area is 117 Å². The van der Waals surface area contributed by atoms with Crippen molar-refractivity contribution in [1.82, 2.24) is 0 Å². The van der Waals surface area contributed by atoms with Crippen molar-refractivity contribution in [2.75, 3.05) is 5.32 Å². The molecule has 1 nitrogen and oxygen atoms in total. The molecule has 1 fully saturated rings. The zero-order valence-electron chi connectivity index (χ0n) is 12.3. The Kier molecular flexibility index (Phi) is 4.10. The summed E-state index contributed by atoms with van der Waals surface area (Å²) < 4.78 is 0. The van der Waals surface area contributed by atoms with Crippen LogP contribution in [0.3, 0.4) is 0 Å². The van der Waals surface area contributed by atoms with E-state index in [1.165, 1.54) is 63.5 Å². The fourth-order valence-electron chi connectivity index (χ4n) is 3.93. The Bertz CT molecular complexity index is 424. The zero-order valence-corrected chi connectivity index (χ0v) is 12.3. The normalized spacial score (nSPS) is 26.8. The molecule has 2 aliphatic rings. The number of nitrogens with one attached hydrogen (secondary N) is 1. The van der Waals surface area contributed by atoms with E-state index >= 15 is 0 Å². The Morgan fingerprint density at radius 2 is 2.00 bits per heavy atom. The second-order valence-corrected chi connectivity index (χ2v) is 6.43. The highest BCUT2D eigenvalue weighted by atomic mass is 14.9. The second kappa shape index (κ2) is 5.98. The molecule has 2 unspecified atom stereocenters. The van der Waals surface area contributed by atoms with Crippen molar-refractivity contribution in [3.05, 3.63) is 29.3 Å². The van der Waals surface area contributed by atoms with Crippen molar-refractivity contribution in [3.8, 4) is 0 Å². The van der Waals surface area contributed by atoms with Crippen LogP contribution in [-0.2, 0) is 12.8 Å². The molecule has 1 aromatic rings. The summed E-state index contributed by atoms with van der Waals surface area (Å²) in [6.07, 6.45) is 12.2. The maximum Gasteiger partial charge on any atom is 0.0377 e. The first-order chi connectivity index (χ1) is 9.36. The number of anilines is 1. The minimum Gasteiger partial charge on any atom is -0.382 e. The summed E-state index contributed by atoms with van der Waals surface area (Å²) in [4.78, 5) is 0. The Balaban J connectivity index is 1.72. The summed E-state index contributed by atoms with van der Waals surface area (Å²) in [5.41, 5.74) is 4.66. The van der Waals surface area contributed by atoms with Crippen LogP contribution in [0.2, 0.25) is 0 Å². The van der Waals surface area contributed by atoms with Crippen LogP contribution in [0.25, 0.3) is 0 Å². The lowest BCUT2D eigenvalue weighted by Gasteiger charge is -2.31. The molecule has 0 spiro atoms.